The van der Waals surface area contributed by atoms with E-state index in [1.807, 2.05) is 49.4 Å². The van der Waals surface area contributed by atoms with Crippen LogP contribution in [-0.4, -0.2) is 29.1 Å². The van der Waals surface area contributed by atoms with Gasteiger partial charge in [-0.05, 0) is 48.9 Å². The van der Waals surface area contributed by atoms with E-state index >= 15 is 0 Å². The van der Waals surface area contributed by atoms with Crippen molar-refractivity contribution in [1.29, 1.82) is 0 Å². The fraction of sp³-hybridized carbons (Fsp3) is 0.136. The van der Waals surface area contributed by atoms with Crippen molar-refractivity contribution in [3.8, 4) is 17.2 Å². The fourth-order valence-corrected chi connectivity index (χ4v) is 3.07. The summed E-state index contributed by atoms with van der Waals surface area (Å²) >= 11 is 0. The number of rotatable bonds is 6. The van der Waals surface area contributed by atoms with Crippen molar-refractivity contribution in [2.45, 2.75) is 6.92 Å². The highest BCUT2D eigenvalue weighted by molar-refractivity contribution is 5.66. The van der Waals surface area contributed by atoms with Gasteiger partial charge in [-0.2, -0.15) is 4.98 Å². The molecule has 0 saturated heterocycles. The number of oxazole rings is 1. The van der Waals surface area contributed by atoms with E-state index in [4.69, 9.17) is 9.15 Å². The van der Waals surface area contributed by atoms with Crippen LogP contribution < -0.4 is 15.0 Å². The minimum Gasteiger partial charge on any atom is -0.496 e. The van der Waals surface area contributed by atoms with Crippen LogP contribution in [0.15, 0.2) is 65.5 Å². The summed E-state index contributed by atoms with van der Waals surface area (Å²) in [7, 11) is 3.37. The van der Waals surface area contributed by atoms with Gasteiger partial charge in [-0.3, -0.25) is 0 Å². The number of aromatic nitrogens is 3. The molecule has 0 atom stereocenters. The Labute approximate surface area is 173 Å². The fourth-order valence-electron chi connectivity index (χ4n) is 3.07. The Bertz CT molecular complexity index is 1160. The Kier molecular flexibility index (Phi) is 5.30. The first kappa shape index (κ1) is 19.4. The van der Waals surface area contributed by atoms with E-state index in [1.54, 1.807) is 25.3 Å². The van der Waals surface area contributed by atoms with Crippen LogP contribution in [0.4, 0.5) is 27.5 Å². The number of hydrogen-bond donors (Lipinski definition) is 1. The predicted octanol–water partition coefficient (Wildman–Crippen LogP) is 5.10. The molecule has 0 unspecified atom stereocenters. The van der Waals surface area contributed by atoms with Gasteiger partial charge in [0.15, 0.2) is 11.6 Å². The standard InChI is InChI=1S/C22H20FN5O2/c1-14-11-17(7-8-19(14)29-3)28(2)20-18(23)13-25-22(27-20)26-16-6-4-5-15(12-16)21-24-9-10-30-21/h4-13H,1-3H3,(H,25,26,27). The molecule has 30 heavy (non-hydrogen) atoms. The first-order valence-electron chi connectivity index (χ1n) is 9.23. The largest absolute Gasteiger partial charge is 0.496 e. The van der Waals surface area contributed by atoms with E-state index in [-0.39, 0.29) is 11.8 Å². The van der Waals surface area contributed by atoms with Gasteiger partial charge in [0.05, 0.1) is 19.5 Å². The van der Waals surface area contributed by atoms with Crippen LogP contribution in [0.5, 0.6) is 5.75 Å². The second kappa shape index (κ2) is 8.20. The van der Waals surface area contributed by atoms with Gasteiger partial charge in [-0.1, -0.05) is 6.07 Å². The Morgan fingerprint density at radius 2 is 2.00 bits per heavy atom. The molecule has 8 heteroatoms. The summed E-state index contributed by atoms with van der Waals surface area (Å²) in [6.07, 6.45) is 4.25. The van der Waals surface area contributed by atoms with E-state index in [0.717, 1.165) is 34.4 Å². The summed E-state index contributed by atoms with van der Waals surface area (Å²) < 4.78 is 25.1. The van der Waals surface area contributed by atoms with Gasteiger partial charge in [0.1, 0.15) is 12.0 Å². The average Bonchev–Trinajstić information content (AvgIpc) is 3.30. The molecule has 0 aliphatic heterocycles. The van der Waals surface area contributed by atoms with Crippen LogP contribution in [0, 0.1) is 12.7 Å². The molecule has 0 aliphatic rings. The van der Waals surface area contributed by atoms with Crippen LogP contribution in [-0.2, 0) is 0 Å². The first-order chi connectivity index (χ1) is 14.5. The van der Waals surface area contributed by atoms with Crippen molar-refractivity contribution >= 4 is 23.1 Å². The summed E-state index contributed by atoms with van der Waals surface area (Å²) in [6, 6.07) is 13.1. The molecule has 0 saturated carbocycles. The average molecular weight is 405 g/mol. The van der Waals surface area contributed by atoms with Crippen molar-refractivity contribution in [2.24, 2.45) is 0 Å². The number of nitrogens with zero attached hydrogens (tertiary/aromatic N) is 4. The topological polar surface area (TPSA) is 76.3 Å². The lowest BCUT2D eigenvalue weighted by molar-refractivity contribution is 0.411. The van der Waals surface area contributed by atoms with Crippen LogP contribution >= 0.6 is 0 Å². The summed E-state index contributed by atoms with van der Waals surface area (Å²) in [5.74, 6) is 1.18. The molecule has 0 spiro atoms. The van der Waals surface area contributed by atoms with Gasteiger partial charge >= 0.3 is 0 Å². The maximum Gasteiger partial charge on any atom is 0.229 e. The van der Waals surface area contributed by atoms with Crippen molar-refractivity contribution in [3.05, 3.63) is 72.5 Å². The van der Waals surface area contributed by atoms with E-state index < -0.39 is 5.82 Å². The Morgan fingerprint density at radius 1 is 1.13 bits per heavy atom. The molecule has 4 rings (SSSR count). The molecule has 0 amide bonds. The molecule has 0 aliphatic carbocycles. The zero-order valence-corrected chi connectivity index (χ0v) is 16.8. The molecule has 2 aromatic heterocycles. The maximum atomic E-state index is 14.5. The Balaban J connectivity index is 1.61. The molecule has 1 N–H and O–H groups in total. The number of ether oxygens (including phenoxy) is 1. The lowest BCUT2D eigenvalue weighted by atomic mass is 10.2. The molecule has 2 aromatic carbocycles. The second-order valence-electron chi connectivity index (χ2n) is 6.62. The zero-order valence-electron chi connectivity index (χ0n) is 16.8. The van der Waals surface area contributed by atoms with Crippen LogP contribution in [0.25, 0.3) is 11.5 Å². The Hall–Kier alpha value is -3.94. The van der Waals surface area contributed by atoms with Gasteiger partial charge in [0, 0.05) is 24.0 Å². The smallest absolute Gasteiger partial charge is 0.229 e. The van der Waals surface area contributed by atoms with Gasteiger partial charge in [0.25, 0.3) is 0 Å². The maximum absolute atomic E-state index is 14.5. The molecular weight excluding hydrogens is 385 g/mol. The molecule has 0 radical (unpaired) electrons. The van der Waals surface area contributed by atoms with Gasteiger partial charge in [0.2, 0.25) is 11.8 Å². The molecule has 152 valence electrons. The minimum atomic E-state index is -0.523. The predicted molar refractivity (Wildman–Crippen MR) is 113 cm³/mol. The third-order valence-corrected chi connectivity index (χ3v) is 4.61. The number of anilines is 4. The van der Waals surface area contributed by atoms with E-state index in [2.05, 4.69) is 20.3 Å². The summed E-state index contributed by atoms with van der Waals surface area (Å²) in [4.78, 5) is 14.2. The Morgan fingerprint density at radius 3 is 2.73 bits per heavy atom. The molecule has 0 fully saturated rings. The molecule has 4 aromatic rings. The van der Waals surface area contributed by atoms with E-state index in [9.17, 15) is 4.39 Å². The monoisotopic (exact) mass is 405 g/mol. The van der Waals surface area contributed by atoms with E-state index in [1.165, 1.54) is 6.26 Å². The number of hydrogen-bond acceptors (Lipinski definition) is 7. The normalized spacial score (nSPS) is 10.7. The van der Waals surface area contributed by atoms with Crippen molar-refractivity contribution in [1.82, 2.24) is 15.0 Å². The quantitative estimate of drug-likeness (QED) is 0.478. The summed E-state index contributed by atoms with van der Waals surface area (Å²) in [5, 5.41) is 3.10. The van der Waals surface area contributed by atoms with Crippen LogP contribution in [0.3, 0.4) is 0 Å². The lowest BCUT2D eigenvalue weighted by Gasteiger charge is -2.20. The van der Waals surface area contributed by atoms with Gasteiger partial charge in [-0.15, -0.1) is 0 Å². The molecule has 2 heterocycles. The molecule has 0 bridgehead atoms. The highest BCUT2D eigenvalue weighted by Gasteiger charge is 2.15. The SMILES string of the molecule is COc1ccc(N(C)c2nc(Nc3cccc(-c4ncco4)c3)ncc2F)cc1C. The number of benzene rings is 2. The van der Waals surface area contributed by atoms with Crippen LogP contribution in [0.2, 0.25) is 0 Å². The van der Waals surface area contributed by atoms with Crippen molar-refractivity contribution in [3.63, 3.8) is 0 Å². The third-order valence-electron chi connectivity index (χ3n) is 4.61. The zero-order chi connectivity index (χ0) is 21.1. The number of methoxy groups -OCH3 is 1. The summed E-state index contributed by atoms with van der Waals surface area (Å²) in [5.41, 5.74) is 3.25. The van der Waals surface area contributed by atoms with Crippen molar-refractivity contribution < 1.29 is 13.5 Å². The number of halogens is 1. The molecular formula is C22H20FN5O2. The van der Waals surface area contributed by atoms with Crippen molar-refractivity contribution in [2.75, 3.05) is 24.4 Å². The van der Waals surface area contributed by atoms with Crippen LogP contribution in [0.1, 0.15) is 5.56 Å². The van der Waals surface area contributed by atoms with Gasteiger partial charge < -0.3 is 19.4 Å². The molecule has 7 nitrogen and oxygen atoms in total. The lowest BCUT2D eigenvalue weighted by Crippen LogP contribution is -2.15. The third kappa shape index (κ3) is 3.93. The number of aryl methyl sites for hydroxylation is 1. The highest BCUT2D eigenvalue weighted by atomic mass is 19.1. The second-order valence-corrected chi connectivity index (χ2v) is 6.62. The highest BCUT2D eigenvalue weighted by Crippen LogP contribution is 2.30. The minimum absolute atomic E-state index is 0.154. The van der Waals surface area contributed by atoms with E-state index in [0.29, 0.717) is 5.89 Å². The first-order valence-corrected chi connectivity index (χ1v) is 9.23. The summed E-state index contributed by atoms with van der Waals surface area (Å²) in [6.45, 7) is 1.93. The number of nitrogens with one attached hydrogen (secondary N) is 1. The van der Waals surface area contributed by atoms with Gasteiger partial charge in [-0.25, -0.2) is 14.4 Å².